The van der Waals surface area contributed by atoms with Crippen LogP contribution in [0.15, 0.2) is 47.5 Å². The smallest absolute Gasteiger partial charge is 0.421 e. The topological polar surface area (TPSA) is 54.1 Å². The first-order valence-corrected chi connectivity index (χ1v) is 9.81. The quantitative estimate of drug-likeness (QED) is 0.507. The number of piperazine rings is 1. The predicted octanol–water partition coefficient (Wildman–Crippen LogP) is 3.92. The highest BCUT2D eigenvalue weighted by Crippen LogP contribution is 2.39. The van der Waals surface area contributed by atoms with Gasteiger partial charge >= 0.3 is 6.18 Å². The summed E-state index contributed by atoms with van der Waals surface area (Å²) >= 11 is -1.90. The highest BCUT2D eigenvalue weighted by molar-refractivity contribution is 7.89. The molecular formula is C19H17F4N3OS. The molecule has 1 fully saturated rings. The molecule has 1 aliphatic heterocycles. The third kappa shape index (κ3) is 3.62. The van der Waals surface area contributed by atoms with Crippen molar-refractivity contribution in [2.45, 2.75) is 11.1 Å². The van der Waals surface area contributed by atoms with Gasteiger partial charge in [0.25, 0.3) is 0 Å². The van der Waals surface area contributed by atoms with Gasteiger partial charge in [-0.05, 0) is 42.0 Å². The van der Waals surface area contributed by atoms with E-state index in [-0.39, 0.29) is 4.90 Å². The van der Waals surface area contributed by atoms with E-state index in [2.05, 4.69) is 10.3 Å². The molecule has 4 nitrogen and oxygen atoms in total. The van der Waals surface area contributed by atoms with Crippen LogP contribution in [0.2, 0.25) is 0 Å². The normalized spacial score (nSPS) is 17.2. The van der Waals surface area contributed by atoms with Crippen molar-refractivity contribution < 1.29 is 22.1 Å². The summed E-state index contributed by atoms with van der Waals surface area (Å²) in [4.78, 5) is 2.63. The Hall–Kier alpha value is -2.07. The van der Waals surface area contributed by atoms with E-state index in [0.717, 1.165) is 6.07 Å². The molecule has 1 unspecified atom stereocenters. The average molecular weight is 411 g/mol. The lowest BCUT2D eigenvalue weighted by molar-refractivity contribution is -0.139. The van der Waals surface area contributed by atoms with Crippen molar-refractivity contribution in [1.29, 1.82) is 0 Å². The number of aromatic amines is 1. The van der Waals surface area contributed by atoms with Crippen LogP contribution in [0.25, 0.3) is 22.0 Å². The van der Waals surface area contributed by atoms with Crippen LogP contribution in [0.3, 0.4) is 0 Å². The number of alkyl halides is 3. The summed E-state index contributed by atoms with van der Waals surface area (Å²) in [6, 6.07) is 7.89. The lowest BCUT2D eigenvalue weighted by Gasteiger charge is -2.28. The van der Waals surface area contributed by atoms with E-state index < -0.39 is 28.9 Å². The molecule has 0 amide bonds. The van der Waals surface area contributed by atoms with Crippen molar-refractivity contribution in [3.63, 3.8) is 0 Å². The number of H-pyrrole nitrogens is 1. The maximum absolute atomic E-state index is 13.7. The summed E-state index contributed by atoms with van der Waals surface area (Å²) in [5.41, 5.74) is 0.432. The fraction of sp³-hybridized carbons (Fsp3) is 0.263. The summed E-state index contributed by atoms with van der Waals surface area (Å²) < 4.78 is 68.9. The third-order valence-corrected chi connectivity index (χ3v) is 6.30. The van der Waals surface area contributed by atoms with E-state index in [4.69, 9.17) is 0 Å². The first kappa shape index (κ1) is 19.3. The molecule has 148 valence electrons. The minimum Gasteiger partial charge on any atom is -0.593 e. The number of halogens is 4. The van der Waals surface area contributed by atoms with E-state index in [1.54, 1.807) is 6.20 Å². The van der Waals surface area contributed by atoms with E-state index in [1.807, 2.05) is 0 Å². The van der Waals surface area contributed by atoms with Crippen molar-refractivity contribution in [3.05, 3.63) is 54.0 Å². The molecular weight excluding hydrogens is 394 g/mol. The molecule has 0 aliphatic carbocycles. The fourth-order valence-electron chi connectivity index (χ4n) is 3.36. The number of hydrogen-bond acceptors (Lipinski definition) is 3. The predicted molar refractivity (Wildman–Crippen MR) is 99.5 cm³/mol. The van der Waals surface area contributed by atoms with Gasteiger partial charge in [-0.25, -0.2) is 4.39 Å². The molecule has 2 N–H and O–H groups in total. The van der Waals surface area contributed by atoms with Gasteiger partial charge in [0.2, 0.25) is 0 Å². The zero-order valence-corrected chi connectivity index (χ0v) is 15.5. The Bertz CT molecular complexity index is 998. The van der Waals surface area contributed by atoms with Crippen LogP contribution in [0.1, 0.15) is 5.56 Å². The Morgan fingerprint density at radius 3 is 2.50 bits per heavy atom. The second-order valence-electron chi connectivity index (χ2n) is 6.53. The number of hydrogen-bond donors (Lipinski definition) is 2. The molecule has 1 aromatic heterocycles. The summed E-state index contributed by atoms with van der Waals surface area (Å²) in [5, 5.41) is 3.70. The van der Waals surface area contributed by atoms with Crippen LogP contribution in [-0.4, -0.2) is 40.0 Å². The zero-order chi connectivity index (χ0) is 19.9. The van der Waals surface area contributed by atoms with Gasteiger partial charge in [-0.1, -0.05) is 0 Å². The van der Waals surface area contributed by atoms with E-state index in [9.17, 15) is 22.1 Å². The number of aromatic nitrogens is 1. The van der Waals surface area contributed by atoms with Crippen LogP contribution >= 0.6 is 0 Å². The zero-order valence-electron chi connectivity index (χ0n) is 14.6. The molecule has 2 heterocycles. The molecule has 2 aromatic carbocycles. The molecule has 1 aliphatic rings. The van der Waals surface area contributed by atoms with Crippen molar-refractivity contribution >= 4 is 22.3 Å². The molecule has 9 heteroatoms. The largest absolute Gasteiger partial charge is 0.593 e. The number of benzene rings is 2. The first-order chi connectivity index (χ1) is 13.3. The minimum atomic E-state index is -4.65. The van der Waals surface area contributed by atoms with Gasteiger partial charge in [0, 0.05) is 35.8 Å². The molecule has 0 radical (unpaired) electrons. The fourth-order valence-corrected chi connectivity index (χ4v) is 4.70. The average Bonchev–Trinajstić information content (AvgIpc) is 3.10. The number of nitrogens with zero attached hydrogens (tertiary/aromatic N) is 1. The van der Waals surface area contributed by atoms with Crippen molar-refractivity contribution in [3.8, 4) is 11.1 Å². The van der Waals surface area contributed by atoms with Crippen LogP contribution in [-0.2, 0) is 17.5 Å². The summed E-state index contributed by atoms with van der Waals surface area (Å²) in [6.07, 6.45) is -3.10. The van der Waals surface area contributed by atoms with Gasteiger partial charge in [-0.15, -0.1) is 4.31 Å². The van der Waals surface area contributed by atoms with E-state index in [0.29, 0.717) is 48.2 Å². The Morgan fingerprint density at radius 1 is 1.04 bits per heavy atom. The second kappa shape index (κ2) is 7.40. The molecule has 4 rings (SSSR count). The monoisotopic (exact) mass is 411 g/mol. The molecule has 0 saturated carbocycles. The maximum atomic E-state index is 13.7. The lowest BCUT2D eigenvalue weighted by Crippen LogP contribution is -2.46. The summed E-state index contributed by atoms with van der Waals surface area (Å²) in [6.45, 7) is 1.99. The molecule has 0 spiro atoms. The van der Waals surface area contributed by atoms with Crippen LogP contribution in [0.4, 0.5) is 17.6 Å². The second-order valence-corrected chi connectivity index (χ2v) is 7.98. The molecule has 0 bridgehead atoms. The van der Waals surface area contributed by atoms with Crippen molar-refractivity contribution in [1.82, 2.24) is 14.6 Å². The highest BCUT2D eigenvalue weighted by Gasteiger charge is 2.40. The van der Waals surface area contributed by atoms with Crippen LogP contribution in [0.5, 0.6) is 0 Å². The lowest BCUT2D eigenvalue weighted by atomic mass is 10.0. The SMILES string of the molecule is [O-][S+](c1ccc(-c2c[nH]c3cc(F)ccc23)cc1C(F)(F)F)N1CCNCC1. The van der Waals surface area contributed by atoms with Gasteiger partial charge in [0.05, 0.1) is 24.5 Å². The van der Waals surface area contributed by atoms with Crippen LogP contribution < -0.4 is 5.32 Å². The number of fused-ring (bicyclic) bond motifs is 1. The van der Waals surface area contributed by atoms with Crippen molar-refractivity contribution in [2.75, 3.05) is 26.2 Å². The van der Waals surface area contributed by atoms with Gasteiger partial charge < -0.3 is 14.9 Å². The molecule has 1 saturated heterocycles. The van der Waals surface area contributed by atoms with E-state index in [1.165, 1.54) is 34.6 Å². The Labute approximate surface area is 161 Å². The number of rotatable bonds is 3. The Balaban J connectivity index is 1.78. The Morgan fingerprint density at radius 2 is 1.79 bits per heavy atom. The number of nitrogens with one attached hydrogen (secondary N) is 2. The first-order valence-electron chi connectivity index (χ1n) is 8.70. The molecule has 3 aromatic rings. The van der Waals surface area contributed by atoms with Gasteiger partial charge in [0.1, 0.15) is 11.4 Å². The minimum absolute atomic E-state index is 0.246. The van der Waals surface area contributed by atoms with Gasteiger partial charge in [0.15, 0.2) is 4.90 Å². The molecule has 28 heavy (non-hydrogen) atoms. The highest BCUT2D eigenvalue weighted by atomic mass is 32.2. The standard InChI is InChI=1S/C19H17F4N3OS/c20-13-2-3-14-15(11-25-17(14)10-13)12-1-4-18(16(9-12)19(21,22)23)28(27)26-7-5-24-6-8-26/h1-4,9-11,24-25H,5-8H2. The van der Waals surface area contributed by atoms with Gasteiger partial charge in [-0.2, -0.15) is 13.2 Å². The summed E-state index contributed by atoms with van der Waals surface area (Å²) in [7, 11) is 0. The summed E-state index contributed by atoms with van der Waals surface area (Å²) in [5.74, 6) is -0.432. The maximum Gasteiger partial charge on any atom is 0.421 e. The molecule has 1 atom stereocenters. The van der Waals surface area contributed by atoms with Crippen molar-refractivity contribution in [2.24, 2.45) is 0 Å². The van der Waals surface area contributed by atoms with E-state index >= 15 is 0 Å². The third-order valence-electron chi connectivity index (χ3n) is 4.74. The van der Waals surface area contributed by atoms with Crippen LogP contribution in [0, 0.1) is 5.82 Å². The Kier molecular flexibility index (Phi) is 5.09. The van der Waals surface area contributed by atoms with Gasteiger partial charge in [-0.3, -0.25) is 0 Å².